The first-order valence-electron chi connectivity index (χ1n) is 6.86. The zero-order valence-corrected chi connectivity index (χ0v) is 11.8. The van der Waals surface area contributed by atoms with E-state index in [9.17, 15) is 5.26 Å². The molecule has 0 aliphatic heterocycles. The van der Waals surface area contributed by atoms with Crippen LogP contribution in [0.15, 0.2) is 66.7 Å². The Morgan fingerprint density at radius 2 is 1.50 bits per heavy atom. The van der Waals surface area contributed by atoms with Gasteiger partial charge in [-0.2, -0.15) is 5.26 Å². The second-order valence-corrected chi connectivity index (χ2v) is 4.77. The molecule has 0 aliphatic carbocycles. The van der Waals surface area contributed by atoms with Crippen molar-refractivity contribution in [1.82, 2.24) is 4.98 Å². The topological polar surface area (TPSA) is 74.7 Å². The van der Waals surface area contributed by atoms with E-state index in [1.165, 1.54) is 0 Å². The van der Waals surface area contributed by atoms with Crippen molar-refractivity contribution in [3.8, 4) is 28.5 Å². The molecule has 106 valence electrons. The fourth-order valence-corrected chi connectivity index (χ4v) is 2.36. The van der Waals surface area contributed by atoms with Crippen LogP contribution in [-0.4, -0.2) is 4.98 Å². The van der Waals surface area contributed by atoms with Gasteiger partial charge in [-0.3, -0.25) is 0 Å². The molecule has 0 atom stereocenters. The van der Waals surface area contributed by atoms with Crippen LogP contribution in [0.4, 0.5) is 5.82 Å². The summed E-state index contributed by atoms with van der Waals surface area (Å²) in [6, 6.07) is 23.7. The average Bonchev–Trinajstić information content (AvgIpc) is 2.62. The maximum Gasteiger partial charge on any atom is 0.159 e. The van der Waals surface area contributed by atoms with Crippen LogP contribution >= 0.6 is 0 Å². The third-order valence-electron chi connectivity index (χ3n) is 3.42. The highest BCUT2D eigenvalue weighted by atomic mass is 15.2. The van der Waals surface area contributed by atoms with Crippen LogP contribution in [0, 0.1) is 11.3 Å². The van der Waals surface area contributed by atoms with Crippen molar-refractivity contribution < 1.29 is 0 Å². The van der Waals surface area contributed by atoms with Gasteiger partial charge < -0.3 is 5.43 Å². The molecular weight excluding hydrogens is 272 g/mol. The molecule has 4 nitrogen and oxygen atoms in total. The predicted molar refractivity (Wildman–Crippen MR) is 87.6 cm³/mol. The standard InChI is InChI=1S/C18H14N4/c19-12-16-15(13-7-3-1-4-8-13)11-17(21-18(16)22-20)14-9-5-2-6-10-14/h1-11H,20H2,(H,21,22). The van der Waals surface area contributed by atoms with Crippen molar-refractivity contribution in [3.63, 3.8) is 0 Å². The Bertz CT molecular complexity index is 821. The number of rotatable bonds is 3. The van der Waals surface area contributed by atoms with Gasteiger partial charge in [0.05, 0.1) is 5.69 Å². The maximum atomic E-state index is 9.47. The summed E-state index contributed by atoms with van der Waals surface area (Å²) in [5, 5.41) is 9.47. The van der Waals surface area contributed by atoms with Gasteiger partial charge in [0.25, 0.3) is 0 Å². The van der Waals surface area contributed by atoms with E-state index in [0.29, 0.717) is 11.4 Å². The average molecular weight is 286 g/mol. The van der Waals surface area contributed by atoms with E-state index in [1.807, 2.05) is 66.7 Å². The zero-order valence-electron chi connectivity index (χ0n) is 11.8. The minimum absolute atomic E-state index is 0.378. The largest absolute Gasteiger partial charge is 0.307 e. The number of hydrogen-bond acceptors (Lipinski definition) is 4. The van der Waals surface area contributed by atoms with Crippen LogP contribution in [-0.2, 0) is 0 Å². The van der Waals surface area contributed by atoms with Crippen molar-refractivity contribution in [1.29, 1.82) is 5.26 Å². The Labute approximate surface area is 128 Å². The summed E-state index contributed by atoms with van der Waals surface area (Å²) >= 11 is 0. The number of anilines is 1. The highest BCUT2D eigenvalue weighted by Gasteiger charge is 2.14. The molecule has 2 aromatic carbocycles. The van der Waals surface area contributed by atoms with Gasteiger partial charge in [-0.05, 0) is 11.6 Å². The molecule has 3 rings (SSSR count). The molecule has 0 fully saturated rings. The third-order valence-corrected chi connectivity index (χ3v) is 3.42. The number of aromatic nitrogens is 1. The van der Waals surface area contributed by atoms with E-state index in [1.54, 1.807) is 0 Å². The SMILES string of the molecule is N#Cc1c(-c2ccccc2)cc(-c2ccccc2)nc1NN. The number of nitriles is 1. The molecule has 0 aliphatic rings. The Kier molecular flexibility index (Phi) is 3.82. The lowest BCUT2D eigenvalue weighted by Crippen LogP contribution is -2.11. The normalized spacial score (nSPS) is 10.0. The summed E-state index contributed by atoms with van der Waals surface area (Å²) < 4.78 is 0. The molecule has 0 saturated carbocycles. The highest BCUT2D eigenvalue weighted by molar-refractivity contribution is 5.80. The number of nitrogens with two attached hydrogens (primary N) is 1. The zero-order chi connectivity index (χ0) is 15.4. The number of hydrogen-bond donors (Lipinski definition) is 2. The van der Waals surface area contributed by atoms with Crippen molar-refractivity contribution in [2.75, 3.05) is 5.43 Å². The summed E-state index contributed by atoms with van der Waals surface area (Å²) in [6.07, 6.45) is 0. The Balaban J connectivity index is 2.26. The Morgan fingerprint density at radius 3 is 2.05 bits per heavy atom. The molecule has 0 amide bonds. The number of hydrazine groups is 1. The highest BCUT2D eigenvalue weighted by Crippen LogP contribution is 2.31. The molecule has 22 heavy (non-hydrogen) atoms. The fourth-order valence-electron chi connectivity index (χ4n) is 2.36. The van der Waals surface area contributed by atoms with Gasteiger partial charge in [-0.25, -0.2) is 10.8 Å². The smallest absolute Gasteiger partial charge is 0.159 e. The first-order chi connectivity index (χ1) is 10.8. The van der Waals surface area contributed by atoms with Gasteiger partial charge in [0.2, 0.25) is 0 Å². The Hall–Kier alpha value is -3.16. The van der Waals surface area contributed by atoms with E-state index in [0.717, 1.165) is 22.4 Å². The van der Waals surface area contributed by atoms with Crippen molar-refractivity contribution in [3.05, 3.63) is 72.3 Å². The molecule has 3 N–H and O–H groups in total. The summed E-state index contributed by atoms with van der Waals surface area (Å²) in [7, 11) is 0. The molecule has 4 heteroatoms. The summed E-state index contributed by atoms with van der Waals surface area (Å²) in [6.45, 7) is 0. The first-order valence-corrected chi connectivity index (χ1v) is 6.86. The lowest BCUT2D eigenvalue weighted by molar-refractivity contribution is 1.22. The van der Waals surface area contributed by atoms with Crippen LogP contribution in [0.5, 0.6) is 0 Å². The monoisotopic (exact) mass is 286 g/mol. The van der Waals surface area contributed by atoms with Crippen molar-refractivity contribution in [2.24, 2.45) is 5.84 Å². The molecule has 0 bridgehead atoms. The lowest BCUT2D eigenvalue weighted by Gasteiger charge is -2.12. The quantitative estimate of drug-likeness (QED) is 0.570. The number of nitrogens with one attached hydrogen (secondary N) is 1. The summed E-state index contributed by atoms with van der Waals surface area (Å²) in [4.78, 5) is 4.46. The first kappa shape index (κ1) is 13.8. The van der Waals surface area contributed by atoms with E-state index < -0.39 is 0 Å². The van der Waals surface area contributed by atoms with Crippen LogP contribution in [0.1, 0.15) is 5.56 Å². The van der Waals surface area contributed by atoms with Gasteiger partial charge >= 0.3 is 0 Å². The number of nitrogens with zero attached hydrogens (tertiary/aromatic N) is 2. The third kappa shape index (κ3) is 2.53. The van der Waals surface area contributed by atoms with E-state index in [-0.39, 0.29) is 0 Å². The molecular formula is C18H14N4. The second-order valence-electron chi connectivity index (χ2n) is 4.77. The van der Waals surface area contributed by atoms with E-state index >= 15 is 0 Å². The summed E-state index contributed by atoms with van der Waals surface area (Å²) in [5.74, 6) is 5.93. The van der Waals surface area contributed by atoms with E-state index in [2.05, 4.69) is 16.5 Å². The van der Waals surface area contributed by atoms with Crippen molar-refractivity contribution in [2.45, 2.75) is 0 Å². The minimum Gasteiger partial charge on any atom is -0.307 e. The molecule has 0 unspecified atom stereocenters. The molecule has 0 radical (unpaired) electrons. The minimum atomic E-state index is 0.378. The number of benzene rings is 2. The van der Waals surface area contributed by atoms with Crippen LogP contribution < -0.4 is 11.3 Å². The number of pyridine rings is 1. The van der Waals surface area contributed by atoms with Crippen LogP contribution in [0.2, 0.25) is 0 Å². The predicted octanol–water partition coefficient (Wildman–Crippen LogP) is 3.57. The molecule has 0 spiro atoms. The van der Waals surface area contributed by atoms with Crippen LogP contribution in [0.25, 0.3) is 22.4 Å². The maximum absolute atomic E-state index is 9.47. The van der Waals surface area contributed by atoms with E-state index in [4.69, 9.17) is 5.84 Å². The van der Waals surface area contributed by atoms with Gasteiger partial charge in [-0.1, -0.05) is 60.7 Å². The molecule has 1 heterocycles. The number of nitrogen functional groups attached to an aromatic ring is 1. The fraction of sp³-hybridized carbons (Fsp3) is 0. The molecule has 3 aromatic rings. The molecule has 0 saturated heterocycles. The second kappa shape index (κ2) is 6.08. The Morgan fingerprint density at radius 1 is 0.909 bits per heavy atom. The van der Waals surface area contributed by atoms with Crippen molar-refractivity contribution >= 4 is 5.82 Å². The lowest BCUT2D eigenvalue weighted by atomic mass is 9.98. The van der Waals surface area contributed by atoms with Gasteiger partial charge in [0.15, 0.2) is 5.82 Å². The van der Waals surface area contributed by atoms with Crippen LogP contribution in [0.3, 0.4) is 0 Å². The van der Waals surface area contributed by atoms with Gasteiger partial charge in [0.1, 0.15) is 11.6 Å². The summed E-state index contributed by atoms with van der Waals surface area (Å²) in [5.41, 5.74) is 6.48. The molecule has 1 aromatic heterocycles. The van der Waals surface area contributed by atoms with Gasteiger partial charge in [0, 0.05) is 11.1 Å². The van der Waals surface area contributed by atoms with Gasteiger partial charge in [-0.15, -0.1) is 0 Å².